The maximum absolute atomic E-state index is 11.9. The molecule has 0 unspecified atom stereocenters. The summed E-state index contributed by atoms with van der Waals surface area (Å²) in [6.45, 7) is 1.73. The SMILES string of the molecule is CC[C@@H](Sc1nnc(NC(=O)Nc2ccc(Cl)c(Cl)c2)s1)C(=O)[O-]. The maximum atomic E-state index is 11.9. The number of carboxylic acids is 1. The van der Waals surface area contributed by atoms with Gasteiger partial charge in [0.2, 0.25) is 5.13 Å². The van der Waals surface area contributed by atoms with Gasteiger partial charge >= 0.3 is 6.03 Å². The number of urea groups is 1. The Morgan fingerprint density at radius 1 is 1.29 bits per heavy atom. The van der Waals surface area contributed by atoms with Gasteiger partial charge in [0.15, 0.2) is 4.34 Å². The van der Waals surface area contributed by atoms with E-state index in [2.05, 4.69) is 20.8 Å². The van der Waals surface area contributed by atoms with Crippen LogP contribution in [0.25, 0.3) is 0 Å². The van der Waals surface area contributed by atoms with Crippen molar-refractivity contribution in [3.8, 4) is 0 Å². The molecule has 0 aliphatic carbocycles. The second kappa shape index (κ2) is 8.52. The zero-order valence-electron chi connectivity index (χ0n) is 12.2. The van der Waals surface area contributed by atoms with Gasteiger partial charge in [-0.2, -0.15) is 0 Å². The van der Waals surface area contributed by atoms with E-state index in [9.17, 15) is 14.7 Å². The zero-order valence-corrected chi connectivity index (χ0v) is 15.4. The number of anilines is 2. The predicted octanol–water partition coefficient (Wildman–Crippen LogP) is 3.11. The Kier molecular flexibility index (Phi) is 6.67. The van der Waals surface area contributed by atoms with Crippen LogP contribution in [0.2, 0.25) is 10.0 Å². The van der Waals surface area contributed by atoms with Crippen molar-refractivity contribution in [1.82, 2.24) is 10.2 Å². The van der Waals surface area contributed by atoms with Crippen LogP contribution < -0.4 is 15.7 Å². The van der Waals surface area contributed by atoms with E-state index in [0.717, 1.165) is 23.1 Å². The number of carbonyl (C=O) groups excluding carboxylic acids is 2. The molecule has 0 spiro atoms. The van der Waals surface area contributed by atoms with Crippen molar-refractivity contribution in [2.75, 3.05) is 10.6 Å². The summed E-state index contributed by atoms with van der Waals surface area (Å²) in [6, 6.07) is 4.13. The van der Waals surface area contributed by atoms with Gasteiger partial charge in [-0.05, 0) is 24.6 Å². The lowest BCUT2D eigenvalue weighted by Crippen LogP contribution is -2.32. The predicted molar refractivity (Wildman–Crippen MR) is 94.0 cm³/mol. The van der Waals surface area contributed by atoms with E-state index in [1.54, 1.807) is 19.1 Å². The largest absolute Gasteiger partial charge is 0.549 e. The van der Waals surface area contributed by atoms with Crippen molar-refractivity contribution in [3.63, 3.8) is 0 Å². The van der Waals surface area contributed by atoms with Crippen LogP contribution in [0.4, 0.5) is 15.6 Å². The molecule has 0 saturated heterocycles. The molecule has 1 aromatic carbocycles. The molecular weight excluding hydrogens is 395 g/mol. The van der Waals surface area contributed by atoms with Gasteiger partial charge in [-0.3, -0.25) is 5.32 Å². The third kappa shape index (κ3) is 5.23. The van der Waals surface area contributed by atoms with Gasteiger partial charge in [0.05, 0.1) is 21.3 Å². The van der Waals surface area contributed by atoms with Gasteiger partial charge in [0.1, 0.15) is 0 Å². The quantitative estimate of drug-likeness (QED) is 0.564. The van der Waals surface area contributed by atoms with Gasteiger partial charge in [0, 0.05) is 5.69 Å². The summed E-state index contributed by atoms with van der Waals surface area (Å²) < 4.78 is 0.427. The lowest BCUT2D eigenvalue weighted by Gasteiger charge is -2.12. The number of benzene rings is 1. The molecule has 0 aliphatic rings. The standard InChI is InChI=1S/C13H12Cl2N4O3S2/c1-2-9(10(20)21)23-13-19-18-12(24-13)17-11(22)16-6-3-4-7(14)8(15)5-6/h3-5,9H,2H2,1H3,(H,20,21)(H2,16,17,18,22)/p-1/t9-/m1/s1. The Hall–Kier alpha value is -1.55. The van der Waals surface area contributed by atoms with Crippen molar-refractivity contribution in [2.45, 2.75) is 22.9 Å². The first-order chi connectivity index (χ1) is 11.4. The molecule has 0 bridgehead atoms. The number of nitrogens with one attached hydrogen (secondary N) is 2. The molecule has 128 valence electrons. The smallest absolute Gasteiger partial charge is 0.325 e. The Labute approximate surface area is 155 Å². The Balaban J connectivity index is 1.95. The fraction of sp³-hybridized carbons (Fsp3) is 0.231. The highest BCUT2D eigenvalue weighted by molar-refractivity contribution is 8.02. The highest BCUT2D eigenvalue weighted by Crippen LogP contribution is 2.30. The number of aliphatic carboxylic acids is 1. The summed E-state index contributed by atoms with van der Waals surface area (Å²) in [5.74, 6) is -1.16. The third-order valence-electron chi connectivity index (χ3n) is 2.68. The number of halogens is 2. The number of rotatable bonds is 6. The molecule has 11 heteroatoms. The molecule has 2 amide bonds. The normalized spacial score (nSPS) is 11.8. The number of nitrogens with zero attached hydrogens (tertiary/aromatic N) is 2. The molecule has 2 N–H and O–H groups in total. The number of hydrogen-bond acceptors (Lipinski definition) is 7. The van der Waals surface area contributed by atoms with E-state index in [1.165, 1.54) is 6.07 Å². The number of hydrogen-bond donors (Lipinski definition) is 2. The fourth-order valence-electron chi connectivity index (χ4n) is 1.56. The topological polar surface area (TPSA) is 107 Å². The van der Waals surface area contributed by atoms with Crippen LogP contribution in [0, 0.1) is 0 Å². The van der Waals surface area contributed by atoms with Gasteiger partial charge in [0.25, 0.3) is 0 Å². The van der Waals surface area contributed by atoms with E-state index in [4.69, 9.17) is 23.2 Å². The first-order valence-electron chi connectivity index (χ1n) is 6.63. The van der Waals surface area contributed by atoms with Gasteiger partial charge in [-0.15, -0.1) is 10.2 Å². The van der Waals surface area contributed by atoms with Crippen LogP contribution in [0.1, 0.15) is 13.3 Å². The fourth-order valence-corrected chi connectivity index (χ4v) is 3.70. The Morgan fingerprint density at radius 2 is 2.04 bits per heavy atom. The van der Waals surface area contributed by atoms with Crippen LogP contribution in [-0.2, 0) is 4.79 Å². The number of carboxylic acid groups (broad SMARTS) is 1. The van der Waals surface area contributed by atoms with Crippen LogP contribution in [0.15, 0.2) is 22.5 Å². The Morgan fingerprint density at radius 3 is 2.67 bits per heavy atom. The summed E-state index contributed by atoms with van der Waals surface area (Å²) in [5, 5.41) is 23.8. The molecule has 1 atom stereocenters. The summed E-state index contributed by atoms with van der Waals surface area (Å²) in [6.07, 6.45) is 0.396. The third-order valence-corrected chi connectivity index (χ3v) is 5.69. The second-order valence-corrected chi connectivity index (χ2v) is 7.66. The van der Waals surface area contributed by atoms with Crippen molar-refractivity contribution >= 4 is 69.1 Å². The second-order valence-electron chi connectivity index (χ2n) is 4.41. The van der Waals surface area contributed by atoms with Crippen LogP contribution >= 0.6 is 46.3 Å². The zero-order chi connectivity index (χ0) is 17.7. The molecule has 0 saturated carbocycles. The minimum Gasteiger partial charge on any atom is -0.549 e. The maximum Gasteiger partial charge on any atom is 0.325 e. The van der Waals surface area contributed by atoms with Crippen molar-refractivity contribution in [2.24, 2.45) is 0 Å². The van der Waals surface area contributed by atoms with E-state index in [0.29, 0.717) is 26.5 Å². The van der Waals surface area contributed by atoms with Gasteiger partial charge in [-0.25, -0.2) is 4.79 Å². The average molecular weight is 406 g/mol. The van der Waals surface area contributed by atoms with Crippen LogP contribution in [0.5, 0.6) is 0 Å². The first kappa shape index (κ1) is 18.8. The lowest BCUT2D eigenvalue weighted by molar-refractivity contribution is -0.304. The number of amides is 2. The molecule has 24 heavy (non-hydrogen) atoms. The summed E-state index contributed by atoms with van der Waals surface area (Å²) in [4.78, 5) is 22.8. The molecule has 2 rings (SSSR count). The monoisotopic (exact) mass is 405 g/mol. The number of carbonyl (C=O) groups is 2. The molecule has 1 aromatic heterocycles. The molecule has 0 fully saturated rings. The average Bonchev–Trinajstić information content (AvgIpc) is 2.95. The van der Waals surface area contributed by atoms with Crippen molar-refractivity contribution in [1.29, 1.82) is 0 Å². The number of thioether (sulfide) groups is 1. The minimum atomic E-state index is -1.16. The van der Waals surface area contributed by atoms with E-state index in [1.807, 2.05) is 0 Å². The summed E-state index contributed by atoms with van der Waals surface area (Å²) in [7, 11) is 0. The van der Waals surface area contributed by atoms with Crippen molar-refractivity contribution < 1.29 is 14.7 Å². The minimum absolute atomic E-state index is 0.239. The highest BCUT2D eigenvalue weighted by atomic mass is 35.5. The van der Waals surface area contributed by atoms with E-state index >= 15 is 0 Å². The highest BCUT2D eigenvalue weighted by Gasteiger charge is 2.14. The van der Waals surface area contributed by atoms with Gasteiger partial charge in [-0.1, -0.05) is 53.2 Å². The van der Waals surface area contributed by atoms with Crippen LogP contribution in [0.3, 0.4) is 0 Å². The van der Waals surface area contributed by atoms with Gasteiger partial charge < -0.3 is 15.2 Å². The molecule has 7 nitrogen and oxygen atoms in total. The Bertz CT molecular complexity index is 757. The first-order valence-corrected chi connectivity index (χ1v) is 9.08. The molecule has 0 aliphatic heterocycles. The molecule has 2 aromatic rings. The lowest BCUT2D eigenvalue weighted by atomic mass is 10.3. The van der Waals surface area contributed by atoms with Crippen molar-refractivity contribution in [3.05, 3.63) is 28.2 Å². The molecular formula is C13H11Cl2N4O3S2-. The van der Waals surface area contributed by atoms with E-state index < -0.39 is 17.3 Å². The van der Waals surface area contributed by atoms with E-state index in [-0.39, 0.29) is 5.13 Å². The van der Waals surface area contributed by atoms with Crippen LogP contribution in [-0.4, -0.2) is 27.4 Å². The summed E-state index contributed by atoms with van der Waals surface area (Å²) in [5.41, 5.74) is 0.462. The summed E-state index contributed by atoms with van der Waals surface area (Å²) >= 11 is 13.8. The number of aromatic nitrogens is 2. The molecule has 0 radical (unpaired) electrons. The molecule has 1 heterocycles.